The Kier molecular flexibility index (Phi) is 6.47. The van der Waals surface area contributed by atoms with E-state index in [-0.39, 0.29) is 5.41 Å². The molecule has 23 heavy (non-hydrogen) atoms. The SMILES string of the molecule is COCCN1CCC(CN(C)S(=O)(=O)N2CCC(C)(C)CC2)C1. The molecule has 1 atom stereocenters. The van der Waals surface area contributed by atoms with Crippen molar-refractivity contribution in [3.63, 3.8) is 0 Å². The van der Waals surface area contributed by atoms with Gasteiger partial charge in [0.15, 0.2) is 0 Å². The van der Waals surface area contributed by atoms with Gasteiger partial charge < -0.3 is 9.64 Å². The van der Waals surface area contributed by atoms with Gasteiger partial charge in [-0.2, -0.15) is 17.0 Å². The van der Waals surface area contributed by atoms with Gasteiger partial charge in [0.2, 0.25) is 0 Å². The van der Waals surface area contributed by atoms with Crippen molar-refractivity contribution in [2.45, 2.75) is 33.1 Å². The minimum absolute atomic E-state index is 0.262. The topological polar surface area (TPSA) is 53.1 Å². The lowest BCUT2D eigenvalue weighted by atomic mass is 9.83. The summed E-state index contributed by atoms with van der Waals surface area (Å²) >= 11 is 0. The van der Waals surface area contributed by atoms with Gasteiger partial charge >= 0.3 is 0 Å². The number of piperidine rings is 1. The van der Waals surface area contributed by atoms with Gasteiger partial charge in [0.25, 0.3) is 10.2 Å². The first-order chi connectivity index (χ1) is 10.7. The zero-order chi connectivity index (χ0) is 17.1. The standard InChI is InChI=1S/C16H33N3O3S/c1-16(2)6-9-19(10-7-16)23(20,21)17(3)13-15-5-8-18(14-15)11-12-22-4/h15H,5-14H2,1-4H3. The Balaban J connectivity index is 1.84. The van der Waals surface area contributed by atoms with Crippen molar-refractivity contribution in [3.8, 4) is 0 Å². The van der Waals surface area contributed by atoms with Crippen molar-refractivity contribution >= 4 is 10.2 Å². The maximum Gasteiger partial charge on any atom is 0.281 e. The number of ether oxygens (including phenoxy) is 1. The van der Waals surface area contributed by atoms with Crippen molar-refractivity contribution in [2.75, 3.05) is 60.0 Å². The van der Waals surface area contributed by atoms with Crippen LogP contribution in [0.2, 0.25) is 0 Å². The molecule has 2 heterocycles. The van der Waals surface area contributed by atoms with Gasteiger partial charge in [0.1, 0.15) is 0 Å². The van der Waals surface area contributed by atoms with Crippen LogP contribution in [-0.4, -0.2) is 82.0 Å². The van der Waals surface area contributed by atoms with Crippen LogP contribution < -0.4 is 0 Å². The summed E-state index contributed by atoms with van der Waals surface area (Å²) in [7, 11) is 0.134. The normalized spacial score (nSPS) is 26.9. The highest BCUT2D eigenvalue weighted by Gasteiger charge is 2.35. The third-order valence-corrected chi connectivity index (χ3v) is 7.25. The molecule has 0 aromatic carbocycles. The van der Waals surface area contributed by atoms with E-state index in [1.807, 2.05) is 0 Å². The number of hydrogen-bond acceptors (Lipinski definition) is 4. The lowest BCUT2D eigenvalue weighted by Gasteiger charge is -2.38. The highest BCUT2D eigenvalue weighted by atomic mass is 32.2. The van der Waals surface area contributed by atoms with Gasteiger partial charge in [-0.25, -0.2) is 0 Å². The number of rotatable bonds is 7. The zero-order valence-corrected chi connectivity index (χ0v) is 15.9. The summed E-state index contributed by atoms with van der Waals surface area (Å²) in [5.41, 5.74) is 0.262. The third-order valence-electron chi connectivity index (χ3n) is 5.29. The Morgan fingerprint density at radius 1 is 1.22 bits per heavy atom. The highest BCUT2D eigenvalue weighted by molar-refractivity contribution is 7.86. The van der Waals surface area contributed by atoms with Gasteiger partial charge in [-0.05, 0) is 37.1 Å². The second-order valence-corrected chi connectivity index (χ2v) is 9.84. The first kappa shape index (κ1) is 19.1. The number of hydrogen-bond donors (Lipinski definition) is 0. The van der Waals surface area contributed by atoms with Crippen molar-refractivity contribution in [1.29, 1.82) is 0 Å². The Morgan fingerprint density at radius 3 is 2.48 bits per heavy atom. The van der Waals surface area contributed by atoms with E-state index in [0.717, 1.165) is 45.5 Å². The maximum absolute atomic E-state index is 12.8. The third kappa shape index (κ3) is 5.13. The maximum atomic E-state index is 12.8. The van der Waals surface area contributed by atoms with E-state index in [0.29, 0.717) is 25.6 Å². The molecule has 0 aromatic heterocycles. The molecule has 2 fully saturated rings. The molecule has 136 valence electrons. The molecule has 0 radical (unpaired) electrons. The molecule has 0 aromatic rings. The van der Waals surface area contributed by atoms with Crippen LogP contribution in [0.4, 0.5) is 0 Å². The molecular weight excluding hydrogens is 314 g/mol. The van der Waals surface area contributed by atoms with Crippen LogP contribution in [-0.2, 0) is 14.9 Å². The van der Waals surface area contributed by atoms with Crippen LogP contribution in [0.3, 0.4) is 0 Å². The average molecular weight is 348 g/mol. The quantitative estimate of drug-likeness (QED) is 0.696. The van der Waals surface area contributed by atoms with E-state index >= 15 is 0 Å². The minimum atomic E-state index is -3.31. The summed E-state index contributed by atoms with van der Waals surface area (Å²) in [6, 6.07) is 0. The molecule has 0 N–H and O–H groups in total. The lowest BCUT2D eigenvalue weighted by Crippen LogP contribution is -2.48. The van der Waals surface area contributed by atoms with Gasteiger partial charge in [-0.3, -0.25) is 0 Å². The Morgan fingerprint density at radius 2 is 1.87 bits per heavy atom. The smallest absolute Gasteiger partial charge is 0.281 e. The summed E-state index contributed by atoms with van der Waals surface area (Å²) in [6.45, 7) is 10.0. The Labute approximate surface area is 141 Å². The summed E-state index contributed by atoms with van der Waals surface area (Å²) in [4.78, 5) is 2.36. The first-order valence-corrected chi connectivity index (χ1v) is 10.1. The molecule has 6 nitrogen and oxygen atoms in total. The Bertz CT molecular complexity index is 471. The molecule has 2 aliphatic heterocycles. The molecule has 2 aliphatic rings. The van der Waals surface area contributed by atoms with E-state index in [1.54, 1.807) is 22.8 Å². The predicted octanol–water partition coefficient (Wildman–Crippen LogP) is 1.25. The van der Waals surface area contributed by atoms with Gasteiger partial charge in [-0.15, -0.1) is 0 Å². The molecule has 1 unspecified atom stereocenters. The van der Waals surface area contributed by atoms with Gasteiger partial charge in [-0.1, -0.05) is 13.8 Å². The summed E-state index contributed by atoms with van der Waals surface area (Å²) < 4.78 is 33.9. The fraction of sp³-hybridized carbons (Fsp3) is 1.00. The Hall–Kier alpha value is -0.210. The summed E-state index contributed by atoms with van der Waals surface area (Å²) in [6.07, 6.45) is 2.94. The number of methoxy groups -OCH3 is 1. The first-order valence-electron chi connectivity index (χ1n) is 8.67. The molecule has 0 aliphatic carbocycles. The summed E-state index contributed by atoms with van der Waals surface area (Å²) in [5, 5.41) is 0. The van der Waals surface area contributed by atoms with Crippen molar-refractivity contribution in [1.82, 2.24) is 13.5 Å². The van der Waals surface area contributed by atoms with Crippen LogP contribution in [0.1, 0.15) is 33.1 Å². The number of likely N-dealkylation sites (tertiary alicyclic amines) is 1. The monoisotopic (exact) mass is 347 g/mol. The van der Waals surface area contributed by atoms with E-state index in [2.05, 4.69) is 18.7 Å². The van der Waals surface area contributed by atoms with E-state index in [1.165, 1.54) is 0 Å². The predicted molar refractivity (Wildman–Crippen MR) is 92.6 cm³/mol. The largest absolute Gasteiger partial charge is 0.383 e. The van der Waals surface area contributed by atoms with Crippen LogP contribution in [0.5, 0.6) is 0 Å². The minimum Gasteiger partial charge on any atom is -0.383 e. The molecule has 0 bridgehead atoms. The second-order valence-electron chi connectivity index (χ2n) is 7.80. The molecule has 7 heteroatoms. The van der Waals surface area contributed by atoms with Crippen molar-refractivity contribution in [3.05, 3.63) is 0 Å². The van der Waals surface area contributed by atoms with E-state index < -0.39 is 10.2 Å². The molecule has 2 rings (SSSR count). The summed E-state index contributed by atoms with van der Waals surface area (Å²) in [5.74, 6) is 0.424. The molecule has 0 spiro atoms. The van der Waals surface area contributed by atoms with Gasteiger partial charge in [0, 0.05) is 46.9 Å². The van der Waals surface area contributed by atoms with E-state index in [9.17, 15) is 8.42 Å². The van der Waals surface area contributed by atoms with Crippen LogP contribution in [0, 0.1) is 11.3 Å². The molecule has 0 amide bonds. The fourth-order valence-corrected chi connectivity index (χ4v) is 4.90. The fourth-order valence-electron chi connectivity index (χ4n) is 3.46. The molecule has 0 saturated carbocycles. The average Bonchev–Trinajstić information content (AvgIpc) is 2.92. The second kappa shape index (κ2) is 7.78. The molecular formula is C16H33N3O3S. The van der Waals surface area contributed by atoms with Crippen LogP contribution in [0.15, 0.2) is 0 Å². The number of nitrogens with zero attached hydrogens (tertiary/aromatic N) is 3. The zero-order valence-electron chi connectivity index (χ0n) is 15.1. The van der Waals surface area contributed by atoms with Crippen molar-refractivity contribution < 1.29 is 13.2 Å². The van der Waals surface area contributed by atoms with Crippen LogP contribution in [0.25, 0.3) is 0 Å². The van der Waals surface area contributed by atoms with Crippen LogP contribution >= 0.6 is 0 Å². The lowest BCUT2D eigenvalue weighted by molar-refractivity contribution is 0.158. The highest BCUT2D eigenvalue weighted by Crippen LogP contribution is 2.31. The van der Waals surface area contributed by atoms with E-state index in [4.69, 9.17) is 4.74 Å². The van der Waals surface area contributed by atoms with Crippen molar-refractivity contribution in [2.24, 2.45) is 11.3 Å². The molecule has 2 saturated heterocycles. The van der Waals surface area contributed by atoms with Gasteiger partial charge in [0.05, 0.1) is 6.61 Å².